The van der Waals surface area contributed by atoms with Gasteiger partial charge in [-0.25, -0.2) is 4.98 Å². The number of fused-ring (bicyclic) bond motifs is 1. The van der Waals surface area contributed by atoms with Crippen LogP contribution in [0, 0.1) is 10.1 Å². The van der Waals surface area contributed by atoms with E-state index in [-0.39, 0.29) is 10.6 Å². The summed E-state index contributed by atoms with van der Waals surface area (Å²) >= 11 is 6.22. The summed E-state index contributed by atoms with van der Waals surface area (Å²) in [7, 11) is 0. The number of non-ortho nitro benzene ring substituents is 1. The van der Waals surface area contributed by atoms with Gasteiger partial charge in [0.25, 0.3) is 5.69 Å². The number of nitro benzene ring substituents is 1. The summed E-state index contributed by atoms with van der Waals surface area (Å²) in [6, 6.07) is 10.3. The molecule has 140 valence electrons. The van der Waals surface area contributed by atoms with Gasteiger partial charge in [0.05, 0.1) is 21.3 Å². The minimum Gasteiger partial charge on any atom is -0.315 e. The van der Waals surface area contributed by atoms with Crippen LogP contribution in [0.15, 0.2) is 42.6 Å². The van der Waals surface area contributed by atoms with Crippen LogP contribution in [-0.2, 0) is 6.54 Å². The average molecular weight is 386 g/mol. The lowest BCUT2D eigenvalue weighted by molar-refractivity contribution is -0.384. The summed E-state index contributed by atoms with van der Waals surface area (Å²) < 4.78 is 1.99. The molecule has 0 spiro atoms. The Bertz CT molecular complexity index is 979. The van der Waals surface area contributed by atoms with E-state index in [2.05, 4.69) is 10.2 Å². The number of imidazole rings is 1. The fraction of sp³-hybridized carbons (Fsp3) is 0.316. The van der Waals surface area contributed by atoms with Crippen molar-refractivity contribution < 1.29 is 4.92 Å². The Morgan fingerprint density at radius 1 is 1.22 bits per heavy atom. The molecule has 0 unspecified atom stereocenters. The van der Waals surface area contributed by atoms with Crippen LogP contribution >= 0.6 is 11.6 Å². The normalized spacial score (nSPS) is 15.7. The van der Waals surface area contributed by atoms with Crippen molar-refractivity contribution in [1.82, 2.24) is 19.6 Å². The molecular weight excluding hydrogens is 366 g/mol. The van der Waals surface area contributed by atoms with Gasteiger partial charge in [0.1, 0.15) is 5.65 Å². The summed E-state index contributed by atoms with van der Waals surface area (Å²) in [6.07, 6.45) is 2.94. The van der Waals surface area contributed by atoms with Gasteiger partial charge in [0, 0.05) is 43.5 Å². The van der Waals surface area contributed by atoms with E-state index in [1.54, 1.807) is 18.2 Å². The quantitative estimate of drug-likeness (QED) is 0.550. The Morgan fingerprint density at radius 2 is 2.11 bits per heavy atom. The molecule has 3 heterocycles. The van der Waals surface area contributed by atoms with Gasteiger partial charge in [-0.2, -0.15) is 0 Å². The van der Waals surface area contributed by atoms with Gasteiger partial charge in [0.15, 0.2) is 0 Å². The lowest BCUT2D eigenvalue weighted by Gasteiger charge is -2.20. The van der Waals surface area contributed by atoms with Gasteiger partial charge >= 0.3 is 0 Å². The number of rotatable bonds is 4. The number of aromatic nitrogens is 2. The first-order valence-electron chi connectivity index (χ1n) is 8.96. The SMILES string of the molecule is O=[N+]([O-])c1cccc(-c2nc3ccc(Cl)cn3c2CN2CCCNCC2)c1. The number of hydrogen-bond acceptors (Lipinski definition) is 5. The molecule has 0 aliphatic carbocycles. The second kappa shape index (κ2) is 7.64. The predicted octanol–water partition coefficient (Wildman–Crippen LogP) is 3.36. The molecule has 1 fully saturated rings. The van der Waals surface area contributed by atoms with Gasteiger partial charge in [-0.05, 0) is 31.6 Å². The van der Waals surface area contributed by atoms with E-state index in [1.165, 1.54) is 6.07 Å². The van der Waals surface area contributed by atoms with Gasteiger partial charge in [0.2, 0.25) is 0 Å². The number of nitro groups is 1. The van der Waals surface area contributed by atoms with Crippen LogP contribution < -0.4 is 5.32 Å². The number of nitrogens with one attached hydrogen (secondary N) is 1. The van der Waals surface area contributed by atoms with Gasteiger partial charge in [-0.3, -0.25) is 15.0 Å². The Balaban J connectivity index is 1.81. The maximum absolute atomic E-state index is 11.2. The first-order chi connectivity index (χ1) is 13.1. The molecule has 1 N–H and O–H groups in total. The van der Waals surface area contributed by atoms with Gasteiger partial charge < -0.3 is 9.72 Å². The van der Waals surface area contributed by atoms with E-state index in [1.807, 2.05) is 22.7 Å². The van der Waals surface area contributed by atoms with Crippen molar-refractivity contribution in [2.75, 3.05) is 26.2 Å². The van der Waals surface area contributed by atoms with Crippen LogP contribution in [0.5, 0.6) is 0 Å². The van der Waals surface area contributed by atoms with Crippen molar-refractivity contribution in [3.05, 3.63) is 63.4 Å². The number of hydrogen-bond donors (Lipinski definition) is 1. The molecule has 1 aliphatic heterocycles. The van der Waals surface area contributed by atoms with Crippen LogP contribution in [0.4, 0.5) is 5.69 Å². The molecule has 4 rings (SSSR count). The maximum atomic E-state index is 11.2. The molecule has 2 aromatic heterocycles. The third kappa shape index (κ3) is 3.80. The number of nitrogens with zero attached hydrogens (tertiary/aromatic N) is 4. The Kier molecular flexibility index (Phi) is 5.07. The minimum atomic E-state index is -0.379. The van der Waals surface area contributed by atoms with Crippen molar-refractivity contribution in [2.24, 2.45) is 0 Å². The smallest absolute Gasteiger partial charge is 0.270 e. The Hall–Kier alpha value is -2.48. The zero-order valence-corrected chi connectivity index (χ0v) is 15.5. The van der Waals surface area contributed by atoms with E-state index in [0.29, 0.717) is 11.6 Å². The van der Waals surface area contributed by atoms with Crippen LogP contribution in [0.2, 0.25) is 5.02 Å². The monoisotopic (exact) mass is 385 g/mol. The summed E-state index contributed by atoms with van der Waals surface area (Å²) in [5, 5.41) is 15.2. The zero-order chi connectivity index (χ0) is 18.8. The number of benzene rings is 1. The fourth-order valence-corrected chi connectivity index (χ4v) is 3.65. The molecule has 0 atom stereocenters. The van der Waals surface area contributed by atoms with Crippen molar-refractivity contribution in [1.29, 1.82) is 0 Å². The predicted molar refractivity (Wildman–Crippen MR) is 105 cm³/mol. The largest absolute Gasteiger partial charge is 0.315 e. The molecule has 8 heteroatoms. The minimum absolute atomic E-state index is 0.0625. The first-order valence-corrected chi connectivity index (χ1v) is 9.34. The first kappa shape index (κ1) is 17.9. The van der Waals surface area contributed by atoms with Crippen LogP contribution in [0.1, 0.15) is 12.1 Å². The van der Waals surface area contributed by atoms with Crippen LogP contribution in [0.25, 0.3) is 16.9 Å². The zero-order valence-electron chi connectivity index (χ0n) is 14.8. The van der Waals surface area contributed by atoms with Gasteiger partial charge in [-0.1, -0.05) is 23.7 Å². The maximum Gasteiger partial charge on any atom is 0.270 e. The summed E-state index contributed by atoms with van der Waals surface area (Å²) in [4.78, 5) is 17.9. The van der Waals surface area contributed by atoms with Gasteiger partial charge in [-0.15, -0.1) is 0 Å². The fourth-order valence-electron chi connectivity index (χ4n) is 3.49. The van der Waals surface area contributed by atoms with Crippen LogP contribution in [-0.4, -0.2) is 45.4 Å². The molecule has 0 radical (unpaired) electrons. The lowest BCUT2D eigenvalue weighted by atomic mass is 10.1. The highest BCUT2D eigenvalue weighted by Crippen LogP contribution is 2.29. The topological polar surface area (TPSA) is 75.7 Å². The molecule has 1 aliphatic rings. The summed E-state index contributed by atoms with van der Waals surface area (Å²) in [5.41, 5.74) is 3.34. The third-order valence-electron chi connectivity index (χ3n) is 4.82. The van der Waals surface area contributed by atoms with Crippen LogP contribution in [0.3, 0.4) is 0 Å². The molecule has 3 aromatic rings. The van der Waals surface area contributed by atoms with E-state index in [4.69, 9.17) is 16.6 Å². The molecule has 1 saturated heterocycles. The standard InChI is InChI=1S/C19H20ClN5O2/c20-15-5-6-18-22-19(14-3-1-4-16(11-14)25(26)27)17(24(18)12-15)13-23-9-2-7-21-8-10-23/h1,3-6,11-12,21H,2,7-10,13H2. The van der Waals surface area contributed by atoms with Crippen molar-refractivity contribution in [3.8, 4) is 11.3 Å². The highest BCUT2D eigenvalue weighted by atomic mass is 35.5. The summed E-state index contributed by atoms with van der Waals surface area (Å²) in [6.45, 7) is 4.62. The molecule has 0 amide bonds. The molecule has 7 nitrogen and oxygen atoms in total. The van der Waals surface area contributed by atoms with Crippen molar-refractivity contribution in [3.63, 3.8) is 0 Å². The highest BCUT2D eigenvalue weighted by Gasteiger charge is 2.19. The molecule has 0 bridgehead atoms. The Labute approximate surface area is 161 Å². The molecule has 1 aromatic carbocycles. The van der Waals surface area contributed by atoms with E-state index < -0.39 is 0 Å². The second-order valence-electron chi connectivity index (χ2n) is 6.67. The van der Waals surface area contributed by atoms with E-state index in [9.17, 15) is 10.1 Å². The summed E-state index contributed by atoms with van der Waals surface area (Å²) in [5.74, 6) is 0. The highest BCUT2D eigenvalue weighted by molar-refractivity contribution is 6.30. The molecule has 27 heavy (non-hydrogen) atoms. The third-order valence-corrected chi connectivity index (χ3v) is 5.04. The van der Waals surface area contributed by atoms with E-state index >= 15 is 0 Å². The number of halogens is 1. The van der Waals surface area contributed by atoms with Crippen molar-refractivity contribution >= 4 is 22.9 Å². The Morgan fingerprint density at radius 3 is 2.96 bits per heavy atom. The number of pyridine rings is 1. The molecule has 0 saturated carbocycles. The molecular formula is C19H20ClN5O2. The second-order valence-corrected chi connectivity index (χ2v) is 7.11. The van der Waals surface area contributed by atoms with E-state index in [0.717, 1.165) is 55.2 Å². The lowest BCUT2D eigenvalue weighted by Crippen LogP contribution is -2.28. The average Bonchev–Trinajstić information content (AvgIpc) is 2.83. The van der Waals surface area contributed by atoms with Crippen molar-refractivity contribution in [2.45, 2.75) is 13.0 Å².